The summed E-state index contributed by atoms with van der Waals surface area (Å²) in [4.78, 5) is 7.97. The van der Waals surface area contributed by atoms with Gasteiger partial charge in [-0.1, -0.05) is 0 Å². The van der Waals surface area contributed by atoms with Crippen LogP contribution in [0.2, 0.25) is 0 Å². The number of aliphatic hydroxyl groups is 1. The molecule has 0 aliphatic carbocycles. The van der Waals surface area contributed by atoms with Crippen LogP contribution in [0.25, 0.3) is 0 Å². The first-order valence-corrected chi connectivity index (χ1v) is 9.83. The van der Waals surface area contributed by atoms with Gasteiger partial charge in [0.05, 0.1) is 11.6 Å². The van der Waals surface area contributed by atoms with Crippen molar-refractivity contribution in [3.05, 3.63) is 38.5 Å². The molecule has 0 saturated heterocycles. The van der Waals surface area contributed by atoms with E-state index in [1.165, 1.54) is 11.3 Å². The number of hydrogen-bond donors (Lipinski definition) is 3. The van der Waals surface area contributed by atoms with Gasteiger partial charge in [0.1, 0.15) is 5.60 Å². The molecule has 5 nitrogen and oxygen atoms in total. The highest BCUT2D eigenvalue weighted by Gasteiger charge is 2.33. The van der Waals surface area contributed by atoms with Gasteiger partial charge in [0, 0.05) is 24.9 Å². The Bertz CT molecular complexity index is 718. The van der Waals surface area contributed by atoms with Crippen molar-refractivity contribution in [2.24, 2.45) is 4.99 Å². The second kappa shape index (κ2) is 10.6. The molecular formula is C16H22F3IN4OS2. The van der Waals surface area contributed by atoms with E-state index in [0.717, 1.165) is 22.3 Å². The van der Waals surface area contributed by atoms with Crippen LogP contribution in [0.5, 0.6) is 0 Å². The second-order valence-corrected chi connectivity index (χ2v) is 7.50. The van der Waals surface area contributed by atoms with Gasteiger partial charge in [0.2, 0.25) is 0 Å². The number of rotatable bonds is 7. The predicted octanol–water partition coefficient (Wildman–Crippen LogP) is 3.85. The van der Waals surface area contributed by atoms with Crippen LogP contribution in [0.15, 0.2) is 27.2 Å². The van der Waals surface area contributed by atoms with E-state index in [1.807, 2.05) is 23.8 Å². The number of guanidine groups is 1. The van der Waals surface area contributed by atoms with Crippen molar-refractivity contribution in [2.75, 3.05) is 19.6 Å². The van der Waals surface area contributed by atoms with E-state index in [4.69, 9.17) is 0 Å². The van der Waals surface area contributed by atoms with Crippen molar-refractivity contribution in [1.29, 1.82) is 0 Å². The van der Waals surface area contributed by atoms with Crippen molar-refractivity contribution in [3.63, 3.8) is 0 Å². The van der Waals surface area contributed by atoms with Crippen LogP contribution < -0.4 is 10.6 Å². The van der Waals surface area contributed by atoms with Crippen molar-refractivity contribution in [3.8, 4) is 0 Å². The maximum Gasteiger partial charge on any atom is 0.434 e. The average Bonchev–Trinajstić information content (AvgIpc) is 3.24. The summed E-state index contributed by atoms with van der Waals surface area (Å²) < 4.78 is 37.7. The Labute approximate surface area is 181 Å². The molecular weight excluding hydrogens is 512 g/mol. The van der Waals surface area contributed by atoms with Gasteiger partial charge < -0.3 is 15.7 Å². The van der Waals surface area contributed by atoms with Crippen molar-refractivity contribution < 1.29 is 18.3 Å². The first kappa shape index (κ1) is 24.1. The molecule has 0 aliphatic rings. The van der Waals surface area contributed by atoms with Gasteiger partial charge in [-0.05, 0) is 36.2 Å². The largest absolute Gasteiger partial charge is 0.434 e. The van der Waals surface area contributed by atoms with Gasteiger partial charge in [0.15, 0.2) is 11.7 Å². The minimum Gasteiger partial charge on any atom is -0.383 e. The van der Waals surface area contributed by atoms with Gasteiger partial charge >= 0.3 is 6.18 Å². The third-order valence-corrected chi connectivity index (χ3v) is 5.10. The maximum atomic E-state index is 12.6. The molecule has 1 unspecified atom stereocenters. The van der Waals surface area contributed by atoms with Crippen LogP contribution in [-0.4, -0.2) is 35.7 Å². The van der Waals surface area contributed by atoms with Crippen LogP contribution in [0, 0.1) is 0 Å². The first-order chi connectivity index (χ1) is 12.2. The summed E-state index contributed by atoms with van der Waals surface area (Å²) in [5.74, 6) is 0.496. The van der Waals surface area contributed by atoms with Crippen LogP contribution in [0.4, 0.5) is 13.2 Å². The number of thiazole rings is 1. The number of nitrogens with one attached hydrogen (secondary N) is 2. The van der Waals surface area contributed by atoms with Crippen LogP contribution in [0.3, 0.4) is 0 Å². The molecule has 0 radical (unpaired) electrons. The van der Waals surface area contributed by atoms with E-state index in [9.17, 15) is 18.3 Å². The Morgan fingerprint density at radius 2 is 2.04 bits per heavy atom. The minimum atomic E-state index is -4.41. The molecule has 0 aromatic carbocycles. The molecule has 0 amide bonds. The molecule has 27 heavy (non-hydrogen) atoms. The van der Waals surface area contributed by atoms with Crippen LogP contribution in [-0.2, 0) is 18.2 Å². The monoisotopic (exact) mass is 534 g/mol. The molecule has 11 heteroatoms. The lowest BCUT2D eigenvalue weighted by molar-refractivity contribution is -0.140. The number of hydrogen-bond acceptors (Lipinski definition) is 5. The summed E-state index contributed by atoms with van der Waals surface area (Å²) in [6.45, 7) is 4.77. The molecule has 2 rings (SSSR count). The summed E-state index contributed by atoms with van der Waals surface area (Å²) >= 11 is 2.49. The zero-order valence-corrected chi connectivity index (χ0v) is 18.8. The maximum absolute atomic E-state index is 12.6. The topological polar surface area (TPSA) is 69.5 Å². The minimum absolute atomic E-state index is 0. The normalized spacial score (nSPS) is 14.4. The fourth-order valence-electron chi connectivity index (χ4n) is 2.08. The van der Waals surface area contributed by atoms with Crippen molar-refractivity contribution in [1.82, 2.24) is 15.6 Å². The second-order valence-electron chi connectivity index (χ2n) is 5.78. The quantitative estimate of drug-likeness (QED) is 0.287. The van der Waals surface area contributed by atoms with E-state index >= 15 is 0 Å². The smallest absolute Gasteiger partial charge is 0.383 e. The van der Waals surface area contributed by atoms with Gasteiger partial charge in [-0.15, -0.1) is 35.3 Å². The molecule has 2 aromatic heterocycles. The van der Waals surface area contributed by atoms with E-state index < -0.39 is 17.5 Å². The fourth-order valence-corrected chi connectivity index (χ4v) is 3.67. The zero-order valence-electron chi connectivity index (χ0n) is 14.8. The van der Waals surface area contributed by atoms with Gasteiger partial charge in [-0.2, -0.15) is 24.5 Å². The molecule has 2 heterocycles. The van der Waals surface area contributed by atoms with E-state index in [-0.39, 0.29) is 30.5 Å². The van der Waals surface area contributed by atoms with Crippen molar-refractivity contribution >= 4 is 52.6 Å². The fraction of sp³-hybridized carbons (Fsp3) is 0.500. The number of nitrogens with zero attached hydrogens (tertiary/aromatic N) is 2. The van der Waals surface area contributed by atoms with E-state index in [1.54, 1.807) is 6.92 Å². The highest BCUT2D eigenvalue weighted by Crippen LogP contribution is 2.30. The van der Waals surface area contributed by atoms with E-state index in [2.05, 4.69) is 20.6 Å². The first-order valence-electron chi connectivity index (χ1n) is 8.01. The Morgan fingerprint density at radius 1 is 1.30 bits per heavy atom. The van der Waals surface area contributed by atoms with Gasteiger partial charge in [0.25, 0.3) is 0 Å². The summed E-state index contributed by atoms with van der Waals surface area (Å²) in [5.41, 5.74) is -1.14. The highest BCUT2D eigenvalue weighted by molar-refractivity contribution is 14.0. The number of thiophene rings is 1. The Kier molecular flexibility index (Phi) is 9.45. The summed E-state index contributed by atoms with van der Waals surface area (Å²) in [6, 6.07) is 1.85. The molecule has 2 aromatic rings. The Morgan fingerprint density at radius 3 is 2.59 bits per heavy atom. The van der Waals surface area contributed by atoms with Crippen LogP contribution in [0.1, 0.15) is 30.1 Å². The molecule has 3 N–H and O–H groups in total. The summed E-state index contributed by atoms with van der Waals surface area (Å²) in [6.07, 6.45) is -4.06. The lowest BCUT2D eigenvalue weighted by Crippen LogP contribution is -2.39. The number of aliphatic imine (C=N–C) groups is 1. The predicted molar refractivity (Wildman–Crippen MR) is 114 cm³/mol. The number of halogens is 4. The zero-order chi connectivity index (χ0) is 19.2. The lowest BCUT2D eigenvalue weighted by atomic mass is 10.00. The molecule has 0 fully saturated rings. The highest BCUT2D eigenvalue weighted by atomic mass is 127. The molecule has 1 atom stereocenters. The number of alkyl halides is 3. The molecule has 152 valence electrons. The van der Waals surface area contributed by atoms with Crippen molar-refractivity contribution in [2.45, 2.75) is 32.0 Å². The standard InChI is InChI=1S/C16H21F3N4OS2.HI/c1-3-20-14(22-10-15(2,24)11-5-7-25-8-11)21-6-4-13-23-12(9-26-13)16(17,18)19;/h5,7-9,24H,3-4,6,10H2,1-2H3,(H2,20,21,22);1H. The SMILES string of the molecule is CCNC(=NCC(C)(O)c1ccsc1)NCCc1nc(C(F)(F)F)cs1.I. The van der Waals surface area contributed by atoms with E-state index in [0.29, 0.717) is 30.5 Å². The van der Waals surface area contributed by atoms with Crippen LogP contribution >= 0.6 is 46.7 Å². The summed E-state index contributed by atoms with van der Waals surface area (Å²) in [5, 5.41) is 21.8. The molecule has 0 bridgehead atoms. The Balaban J connectivity index is 0.00000364. The third kappa shape index (κ3) is 7.54. The molecule has 0 saturated carbocycles. The molecule has 0 spiro atoms. The lowest BCUT2D eigenvalue weighted by Gasteiger charge is -2.21. The van der Waals surface area contributed by atoms with Gasteiger partial charge in [-0.3, -0.25) is 0 Å². The summed E-state index contributed by atoms with van der Waals surface area (Å²) in [7, 11) is 0. The third-order valence-electron chi connectivity index (χ3n) is 3.51. The number of aromatic nitrogens is 1. The Hall–Kier alpha value is -0.920. The average molecular weight is 534 g/mol. The van der Waals surface area contributed by atoms with Gasteiger partial charge in [-0.25, -0.2) is 9.98 Å². The molecule has 0 aliphatic heterocycles.